The lowest BCUT2D eigenvalue weighted by Gasteiger charge is -2.29. The zero-order chi connectivity index (χ0) is 13.1. The predicted octanol–water partition coefficient (Wildman–Crippen LogP) is 2.13. The summed E-state index contributed by atoms with van der Waals surface area (Å²) in [5, 5.41) is 10.3. The summed E-state index contributed by atoms with van der Waals surface area (Å²) < 4.78 is 1.08. The van der Waals surface area contributed by atoms with E-state index in [0.717, 1.165) is 28.5 Å². The van der Waals surface area contributed by atoms with Crippen molar-refractivity contribution in [2.75, 3.05) is 6.54 Å². The van der Waals surface area contributed by atoms with Crippen LogP contribution in [0.4, 0.5) is 0 Å². The number of fused-ring (bicyclic) bond motifs is 1. The first-order valence-corrected chi connectivity index (χ1v) is 7.97. The predicted molar refractivity (Wildman–Crippen MR) is 79.7 cm³/mol. The molecule has 1 N–H and O–H groups in total. The number of aliphatic hydroxyl groups excluding tert-OH is 1. The summed E-state index contributed by atoms with van der Waals surface area (Å²) in [5.74, 6) is 1.71. The number of nitrogens with zero attached hydrogens (tertiary/aromatic N) is 1. The molecule has 1 amide bonds. The second kappa shape index (κ2) is 4.19. The Hall–Kier alpha value is -0.620. The fourth-order valence-corrected chi connectivity index (χ4v) is 4.98. The highest BCUT2D eigenvalue weighted by Crippen LogP contribution is 2.55. The molecule has 1 aromatic rings. The lowest BCUT2D eigenvalue weighted by Crippen LogP contribution is -2.43. The van der Waals surface area contributed by atoms with Crippen molar-refractivity contribution in [2.45, 2.75) is 25.0 Å². The first-order chi connectivity index (χ1) is 9.15. The Kier molecular flexibility index (Phi) is 2.68. The molecule has 0 radical (unpaired) electrons. The number of carbonyl (C=O) groups excluding carboxylic acids is 1. The molecule has 3 fully saturated rings. The van der Waals surface area contributed by atoms with E-state index < -0.39 is 0 Å². The quantitative estimate of drug-likeness (QED) is 0.771. The second-order valence-electron chi connectivity index (χ2n) is 6.10. The molecule has 1 aromatic carbocycles. The maximum absolute atomic E-state index is 12.7. The minimum Gasteiger partial charge on any atom is -0.391 e. The molecule has 4 rings (SSSR count). The molecule has 5 atom stereocenters. The van der Waals surface area contributed by atoms with Crippen molar-refractivity contribution in [3.63, 3.8) is 0 Å². The number of hydrogen-bond acceptors (Lipinski definition) is 2. The molecule has 0 aromatic heterocycles. The zero-order valence-corrected chi connectivity index (χ0v) is 12.7. The highest BCUT2D eigenvalue weighted by atomic mass is 127. The smallest absolute Gasteiger partial charge is 0.254 e. The fourth-order valence-electron chi connectivity index (χ4n) is 4.44. The monoisotopic (exact) mass is 369 g/mol. The number of benzene rings is 1. The number of rotatable bonds is 1. The maximum atomic E-state index is 12.7. The van der Waals surface area contributed by atoms with Crippen LogP contribution in [-0.4, -0.2) is 34.6 Å². The summed E-state index contributed by atoms with van der Waals surface area (Å²) in [7, 11) is 0. The van der Waals surface area contributed by atoms with Crippen LogP contribution < -0.4 is 0 Å². The average Bonchev–Trinajstić information content (AvgIpc) is 2.99. The molecule has 2 bridgehead atoms. The first-order valence-electron chi connectivity index (χ1n) is 6.90. The molecule has 19 heavy (non-hydrogen) atoms. The van der Waals surface area contributed by atoms with Gasteiger partial charge < -0.3 is 10.0 Å². The standard InChI is InChI=1S/C15H16INO2/c16-11-3-1-2-8(5-11)15(19)17-7-10-4-9-6-12(10)13(17)14(9)18/h1-3,5,9-10,12-14,18H,4,6-7H2. The van der Waals surface area contributed by atoms with Crippen LogP contribution in [-0.2, 0) is 0 Å². The highest BCUT2D eigenvalue weighted by Gasteiger charge is 2.59. The van der Waals surface area contributed by atoms with E-state index in [-0.39, 0.29) is 18.1 Å². The highest BCUT2D eigenvalue weighted by molar-refractivity contribution is 14.1. The summed E-state index contributed by atoms with van der Waals surface area (Å²) in [4.78, 5) is 14.6. The van der Waals surface area contributed by atoms with Crippen molar-refractivity contribution >= 4 is 28.5 Å². The SMILES string of the molecule is O=C(c1cccc(I)c1)N1CC2CC3CC2C1C3O. The third-order valence-electron chi connectivity index (χ3n) is 5.18. The van der Waals surface area contributed by atoms with Gasteiger partial charge in [-0.1, -0.05) is 6.07 Å². The topological polar surface area (TPSA) is 40.5 Å². The molecule has 5 unspecified atom stereocenters. The van der Waals surface area contributed by atoms with Gasteiger partial charge in [0.2, 0.25) is 0 Å². The van der Waals surface area contributed by atoms with Crippen LogP contribution in [0, 0.1) is 21.3 Å². The Morgan fingerprint density at radius 3 is 2.89 bits per heavy atom. The molecule has 0 spiro atoms. The van der Waals surface area contributed by atoms with Gasteiger partial charge in [-0.15, -0.1) is 0 Å². The van der Waals surface area contributed by atoms with Gasteiger partial charge in [0.25, 0.3) is 5.91 Å². The summed E-state index contributed by atoms with van der Waals surface area (Å²) in [6, 6.07) is 7.80. The lowest BCUT2D eigenvalue weighted by molar-refractivity contribution is 0.0402. The molecule has 4 heteroatoms. The molecule has 1 aliphatic heterocycles. The van der Waals surface area contributed by atoms with E-state index in [4.69, 9.17) is 0 Å². The minimum atomic E-state index is -0.296. The van der Waals surface area contributed by atoms with E-state index in [1.165, 1.54) is 0 Å². The normalized spacial score (nSPS) is 39.1. The Balaban J connectivity index is 1.65. The van der Waals surface area contributed by atoms with Crippen LogP contribution in [0.2, 0.25) is 0 Å². The van der Waals surface area contributed by atoms with Crippen molar-refractivity contribution in [3.05, 3.63) is 33.4 Å². The average molecular weight is 369 g/mol. The Morgan fingerprint density at radius 1 is 1.32 bits per heavy atom. The minimum absolute atomic E-state index is 0.0779. The van der Waals surface area contributed by atoms with Gasteiger partial charge in [-0.2, -0.15) is 0 Å². The first kappa shape index (κ1) is 12.1. The van der Waals surface area contributed by atoms with E-state index in [1.54, 1.807) is 0 Å². The number of likely N-dealkylation sites (tertiary alicyclic amines) is 1. The van der Waals surface area contributed by atoms with Crippen molar-refractivity contribution in [3.8, 4) is 0 Å². The van der Waals surface area contributed by atoms with Gasteiger partial charge in [-0.25, -0.2) is 0 Å². The summed E-state index contributed by atoms with van der Waals surface area (Å²) >= 11 is 2.23. The third-order valence-corrected chi connectivity index (χ3v) is 5.85. The zero-order valence-electron chi connectivity index (χ0n) is 10.5. The molecule has 1 saturated heterocycles. The van der Waals surface area contributed by atoms with Crippen molar-refractivity contribution in [2.24, 2.45) is 17.8 Å². The van der Waals surface area contributed by atoms with Gasteiger partial charge >= 0.3 is 0 Å². The Bertz CT molecular complexity index is 545. The van der Waals surface area contributed by atoms with Crippen LogP contribution in [0.1, 0.15) is 23.2 Å². The summed E-state index contributed by atoms with van der Waals surface area (Å²) in [6.45, 7) is 0.840. The Labute approximate surface area is 126 Å². The van der Waals surface area contributed by atoms with E-state index >= 15 is 0 Å². The van der Waals surface area contributed by atoms with E-state index in [1.807, 2.05) is 29.2 Å². The van der Waals surface area contributed by atoms with Crippen molar-refractivity contribution in [1.29, 1.82) is 0 Å². The summed E-state index contributed by atoms with van der Waals surface area (Å²) in [5.41, 5.74) is 0.754. The summed E-state index contributed by atoms with van der Waals surface area (Å²) in [6.07, 6.45) is 1.93. The lowest BCUT2D eigenvalue weighted by atomic mass is 9.88. The number of halogens is 1. The molecule has 2 aliphatic carbocycles. The molecule has 3 nitrogen and oxygen atoms in total. The number of amides is 1. The Morgan fingerprint density at radius 2 is 2.16 bits per heavy atom. The van der Waals surface area contributed by atoms with Gasteiger partial charge in [0.15, 0.2) is 0 Å². The van der Waals surface area contributed by atoms with Crippen LogP contribution in [0.25, 0.3) is 0 Å². The second-order valence-corrected chi connectivity index (χ2v) is 7.35. The molecule has 3 aliphatic rings. The van der Waals surface area contributed by atoms with Gasteiger partial charge in [0.1, 0.15) is 0 Å². The van der Waals surface area contributed by atoms with Crippen LogP contribution in [0.3, 0.4) is 0 Å². The van der Waals surface area contributed by atoms with Gasteiger partial charge in [0.05, 0.1) is 12.1 Å². The number of carbonyl (C=O) groups is 1. The third kappa shape index (κ3) is 1.69. The van der Waals surface area contributed by atoms with Crippen LogP contribution >= 0.6 is 22.6 Å². The molecule has 2 saturated carbocycles. The number of aliphatic hydroxyl groups is 1. The molecular formula is C15H16INO2. The molecule has 100 valence electrons. The van der Waals surface area contributed by atoms with Gasteiger partial charge in [0, 0.05) is 15.7 Å². The van der Waals surface area contributed by atoms with Gasteiger partial charge in [-0.05, 0) is 71.4 Å². The van der Waals surface area contributed by atoms with Crippen LogP contribution in [0.5, 0.6) is 0 Å². The molecule has 1 heterocycles. The van der Waals surface area contributed by atoms with Crippen molar-refractivity contribution < 1.29 is 9.90 Å². The largest absolute Gasteiger partial charge is 0.391 e. The van der Waals surface area contributed by atoms with E-state index in [9.17, 15) is 9.90 Å². The van der Waals surface area contributed by atoms with E-state index in [0.29, 0.717) is 17.8 Å². The van der Waals surface area contributed by atoms with Crippen molar-refractivity contribution in [1.82, 2.24) is 4.90 Å². The fraction of sp³-hybridized carbons (Fsp3) is 0.533. The molecular weight excluding hydrogens is 353 g/mol. The van der Waals surface area contributed by atoms with E-state index in [2.05, 4.69) is 22.6 Å². The van der Waals surface area contributed by atoms with Crippen LogP contribution in [0.15, 0.2) is 24.3 Å². The van der Waals surface area contributed by atoms with Gasteiger partial charge in [-0.3, -0.25) is 4.79 Å². The number of hydrogen-bond donors (Lipinski definition) is 1. The maximum Gasteiger partial charge on any atom is 0.254 e.